The van der Waals surface area contributed by atoms with Gasteiger partial charge in [0.2, 0.25) is 0 Å². The molecule has 0 aliphatic carbocycles. The number of halogens is 1. The van der Waals surface area contributed by atoms with Gasteiger partial charge in [-0.3, -0.25) is 0 Å². The summed E-state index contributed by atoms with van der Waals surface area (Å²) in [5.74, 6) is -1.56. The molecular weight excluding hydrogens is 223 g/mol. The molecule has 86 valence electrons. The molecule has 0 saturated heterocycles. The molecule has 0 aliphatic rings. The number of nitrogen functional groups attached to an aromatic ring is 1. The Hall–Kier alpha value is -2.43. The van der Waals surface area contributed by atoms with Gasteiger partial charge in [0.1, 0.15) is 5.82 Å². The van der Waals surface area contributed by atoms with Gasteiger partial charge in [-0.25, -0.2) is 14.2 Å². The van der Waals surface area contributed by atoms with Gasteiger partial charge in [-0.05, 0) is 23.8 Å². The smallest absolute Gasteiger partial charge is 0.356 e. The number of rotatable bonds is 2. The van der Waals surface area contributed by atoms with Crippen LogP contribution in [0.1, 0.15) is 10.5 Å². The zero-order valence-corrected chi connectivity index (χ0v) is 8.72. The van der Waals surface area contributed by atoms with Gasteiger partial charge < -0.3 is 10.8 Å². The molecule has 17 heavy (non-hydrogen) atoms. The standard InChI is InChI=1S/C12H9FN2O2/c13-9-3-1-2-7(4-9)8-5-10(14)11(12(16)17)15-6-8/h1-6H,14H2,(H,16,17). The predicted molar refractivity (Wildman–Crippen MR) is 61.0 cm³/mol. The van der Waals surface area contributed by atoms with Gasteiger partial charge >= 0.3 is 5.97 Å². The Morgan fingerprint density at radius 2 is 2.06 bits per heavy atom. The summed E-state index contributed by atoms with van der Waals surface area (Å²) in [6.45, 7) is 0. The minimum Gasteiger partial charge on any atom is -0.476 e. The van der Waals surface area contributed by atoms with E-state index in [4.69, 9.17) is 10.8 Å². The summed E-state index contributed by atoms with van der Waals surface area (Å²) in [6, 6.07) is 7.37. The van der Waals surface area contributed by atoms with Crippen LogP contribution in [0, 0.1) is 5.82 Å². The van der Waals surface area contributed by atoms with Crippen LogP contribution in [-0.4, -0.2) is 16.1 Å². The monoisotopic (exact) mass is 232 g/mol. The first-order valence-electron chi connectivity index (χ1n) is 4.82. The Morgan fingerprint density at radius 3 is 2.65 bits per heavy atom. The summed E-state index contributed by atoms with van der Waals surface area (Å²) in [4.78, 5) is 14.5. The Labute approximate surface area is 96.5 Å². The van der Waals surface area contributed by atoms with Crippen molar-refractivity contribution in [3.63, 3.8) is 0 Å². The quantitative estimate of drug-likeness (QED) is 0.831. The van der Waals surface area contributed by atoms with Crippen molar-refractivity contribution < 1.29 is 14.3 Å². The molecule has 0 fully saturated rings. The van der Waals surface area contributed by atoms with E-state index in [0.29, 0.717) is 11.1 Å². The molecule has 0 aliphatic heterocycles. The third kappa shape index (κ3) is 2.23. The molecule has 1 aromatic heterocycles. The minimum absolute atomic E-state index is 0.0549. The van der Waals surface area contributed by atoms with E-state index in [1.54, 1.807) is 12.1 Å². The van der Waals surface area contributed by atoms with E-state index in [1.165, 1.54) is 24.4 Å². The lowest BCUT2D eigenvalue weighted by atomic mass is 10.1. The van der Waals surface area contributed by atoms with Crippen molar-refractivity contribution in [2.45, 2.75) is 0 Å². The second-order valence-corrected chi connectivity index (χ2v) is 3.48. The second-order valence-electron chi connectivity index (χ2n) is 3.48. The van der Waals surface area contributed by atoms with Gasteiger partial charge in [-0.2, -0.15) is 0 Å². The molecule has 1 heterocycles. The highest BCUT2D eigenvalue weighted by Crippen LogP contribution is 2.22. The van der Waals surface area contributed by atoms with Crippen molar-refractivity contribution >= 4 is 11.7 Å². The number of nitrogens with zero attached hydrogens (tertiary/aromatic N) is 1. The van der Waals surface area contributed by atoms with Crippen molar-refractivity contribution in [1.29, 1.82) is 0 Å². The predicted octanol–water partition coefficient (Wildman–Crippen LogP) is 2.17. The molecule has 0 atom stereocenters. The van der Waals surface area contributed by atoms with Crippen LogP contribution in [-0.2, 0) is 0 Å². The summed E-state index contributed by atoms with van der Waals surface area (Å²) in [5, 5.41) is 8.77. The number of benzene rings is 1. The van der Waals surface area contributed by atoms with Crippen LogP contribution in [0.5, 0.6) is 0 Å². The SMILES string of the molecule is Nc1cc(-c2cccc(F)c2)cnc1C(=O)O. The molecule has 3 N–H and O–H groups in total. The van der Waals surface area contributed by atoms with Crippen molar-refractivity contribution in [2.24, 2.45) is 0 Å². The van der Waals surface area contributed by atoms with E-state index >= 15 is 0 Å². The average molecular weight is 232 g/mol. The van der Waals surface area contributed by atoms with Gasteiger partial charge in [0.25, 0.3) is 0 Å². The van der Waals surface area contributed by atoms with Crippen LogP contribution in [0.4, 0.5) is 10.1 Å². The molecule has 4 nitrogen and oxygen atoms in total. The average Bonchev–Trinajstić information content (AvgIpc) is 2.28. The number of hydrogen-bond acceptors (Lipinski definition) is 3. The number of anilines is 1. The first kappa shape index (κ1) is 11.1. The maximum Gasteiger partial charge on any atom is 0.356 e. The van der Waals surface area contributed by atoms with Crippen LogP contribution in [0.25, 0.3) is 11.1 Å². The maximum atomic E-state index is 13.0. The van der Waals surface area contributed by atoms with E-state index in [0.717, 1.165) is 0 Å². The fraction of sp³-hybridized carbons (Fsp3) is 0. The van der Waals surface area contributed by atoms with Gasteiger partial charge in [0.05, 0.1) is 5.69 Å². The van der Waals surface area contributed by atoms with Crippen LogP contribution in [0.3, 0.4) is 0 Å². The van der Waals surface area contributed by atoms with E-state index in [2.05, 4.69) is 4.98 Å². The summed E-state index contributed by atoms with van der Waals surface area (Å²) >= 11 is 0. The highest BCUT2D eigenvalue weighted by molar-refractivity contribution is 5.92. The summed E-state index contributed by atoms with van der Waals surface area (Å²) in [6.07, 6.45) is 1.36. The number of carbonyl (C=O) groups is 1. The topological polar surface area (TPSA) is 76.2 Å². The minimum atomic E-state index is -1.19. The van der Waals surface area contributed by atoms with Crippen LogP contribution in [0.2, 0.25) is 0 Å². The van der Waals surface area contributed by atoms with Crippen molar-refractivity contribution in [3.05, 3.63) is 48.0 Å². The molecule has 0 unspecified atom stereocenters. The second kappa shape index (κ2) is 4.21. The Balaban J connectivity index is 2.48. The van der Waals surface area contributed by atoms with E-state index in [1.807, 2.05) is 0 Å². The van der Waals surface area contributed by atoms with Crippen molar-refractivity contribution in [2.75, 3.05) is 5.73 Å². The highest BCUT2D eigenvalue weighted by Gasteiger charge is 2.10. The van der Waals surface area contributed by atoms with Gasteiger partial charge in [-0.15, -0.1) is 0 Å². The van der Waals surface area contributed by atoms with Crippen LogP contribution in [0.15, 0.2) is 36.5 Å². The molecule has 2 rings (SSSR count). The van der Waals surface area contributed by atoms with E-state index in [-0.39, 0.29) is 17.2 Å². The lowest BCUT2D eigenvalue weighted by molar-refractivity contribution is 0.0692. The summed E-state index contributed by atoms with van der Waals surface area (Å²) < 4.78 is 13.0. The fourth-order valence-corrected chi connectivity index (χ4v) is 1.49. The van der Waals surface area contributed by atoms with Crippen LogP contribution < -0.4 is 5.73 Å². The first-order chi connectivity index (χ1) is 8.08. The molecular formula is C12H9FN2O2. The number of pyridine rings is 1. The Morgan fingerprint density at radius 1 is 1.29 bits per heavy atom. The number of carboxylic acid groups (broad SMARTS) is 1. The lowest BCUT2D eigenvalue weighted by Crippen LogP contribution is -2.05. The Kier molecular flexibility index (Phi) is 2.74. The third-order valence-electron chi connectivity index (χ3n) is 2.28. The molecule has 0 saturated carbocycles. The highest BCUT2D eigenvalue weighted by atomic mass is 19.1. The Bertz CT molecular complexity index is 584. The maximum absolute atomic E-state index is 13.0. The van der Waals surface area contributed by atoms with Crippen molar-refractivity contribution in [3.8, 4) is 11.1 Å². The normalized spacial score (nSPS) is 10.2. The molecule has 0 amide bonds. The molecule has 0 radical (unpaired) electrons. The van der Waals surface area contributed by atoms with Gasteiger partial charge in [0, 0.05) is 11.8 Å². The number of aromatic carboxylic acids is 1. The number of aromatic nitrogens is 1. The van der Waals surface area contributed by atoms with Crippen LogP contribution >= 0.6 is 0 Å². The number of nitrogens with two attached hydrogens (primary N) is 1. The number of carboxylic acids is 1. The van der Waals surface area contributed by atoms with E-state index < -0.39 is 5.97 Å². The molecule has 5 heteroatoms. The van der Waals surface area contributed by atoms with Gasteiger partial charge in [-0.1, -0.05) is 12.1 Å². The molecule has 2 aromatic rings. The summed E-state index contributed by atoms with van der Waals surface area (Å²) in [5.41, 5.74) is 6.59. The number of hydrogen-bond donors (Lipinski definition) is 2. The molecule has 0 bridgehead atoms. The largest absolute Gasteiger partial charge is 0.476 e. The molecule has 0 spiro atoms. The van der Waals surface area contributed by atoms with Crippen molar-refractivity contribution in [1.82, 2.24) is 4.98 Å². The zero-order valence-electron chi connectivity index (χ0n) is 8.72. The zero-order chi connectivity index (χ0) is 12.4. The van der Waals surface area contributed by atoms with E-state index in [9.17, 15) is 9.18 Å². The lowest BCUT2D eigenvalue weighted by Gasteiger charge is -2.04. The van der Waals surface area contributed by atoms with Gasteiger partial charge in [0.15, 0.2) is 5.69 Å². The third-order valence-corrected chi connectivity index (χ3v) is 2.28. The first-order valence-corrected chi connectivity index (χ1v) is 4.82. The summed E-state index contributed by atoms with van der Waals surface area (Å²) in [7, 11) is 0. The fourth-order valence-electron chi connectivity index (χ4n) is 1.49. The molecule has 1 aromatic carbocycles.